The highest BCUT2D eigenvalue weighted by atomic mass is 32.1. The maximum absolute atomic E-state index is 12.2. The summed E-state index contributed by atoms with van der Waals surface area (Å²) < 4.78 is 0. The Morgan fingerprint density at radius 2 is 1.68 bits per heavy atom. The van der Waals surface area contributed by atoms with Crippen molar-refractivity contribution in [2.24, 2.45) is 0 Å². The highest BCUT2D eigenvalue weighted by Crippen LogP contribution is 2.28. The highest BCUT2D eigenvalue weighted by molar-refractivity contribution is 7.14. The molecule has 3 rings (SSSR count). The van der Waals surface area contributed by atoms with Crippen molar-refractivity contribution >= 4 is 34.5 Å². The lowest BCUT2D eigenvalue weighted by molar-refractivity contribution is 0.0851. The van der Waals surface area contributed by atoms with Crippen LogP contribution < -0.4 is 10.9 Å². The summed E-state index contributed by atoms with van der Waals surface area (Å²) in [6.07, 6.45) is 5.77. The number of aryl methyl sites for hydroxylation is 3. The summed E-state index contributed by atoms with van der Waals surface area (Å²) in [4.78, 5) is 27.8. The standard InChI is InChI=1S/C16H18N2O2S2/c1-10-7-8-13(21-10)15(19)17-18-16(20)14-9-11-5-3-2-4-6-12(11)22-14/h7-9H,2-6H2,1H3,(H,17,19)(H,18,20). The van der Waals surface area contributed by atoms with Gasteiger partial charge >= 0.3 is 0 Å². The van der Waals surface area contributed by atoms with Crippen LogP contribution in [0.1, 0.15) is 53.9 Å². The van der Waals surface area contributed by atoms with Crippen molar-refractivity contribution in [2.45, 2.75) is 39.0 Å². The van der Waals surface area contributed by atoms with E-state index < -0.39 is 0 Å². The lowest BCUT2D eigenvalue weighted by Gasteiger charge is -2.04. The molecule has 1 aliphatic carbocycles. The monoisotopic (exact) mass is 334 g/mol. The summed E-state index contributed by atoms with van der Waals surface area (Å²) in [5.74, 6) is -0.510. The summed E-state index contributed by atoms with van der Waals surface area (Å²) in [5, 5.41) is 0. The molecule has 0 fully saturated rings. The minimum Gasteiger partial charge on any atom is -0.266 e. The molecule has 0 saturated heterocycles. The molecular formula is C16H18N2O2S2. The molecule has 2 aromatic rings. The fraction of sp³-hybridized carbons (Fsp3) is 0.375. The van der Waals surface area contributed by atoms with Crippen LogP contribution >= 0.6 is 22.7 Å². The van der Waals surface area contributed by atoms with Crippen LogP contribution in [-0.4, -0.2) is 11.8 Å². The van der Waals surface area contributed by atoms with E-state index in [1.54, 1.807) is 17.4 Å². The zero-order valence-corrected chi connectivity index (χ0v) is 14.0. The summed E-state index contributed by atoms with van der Waals surface area (Å²) in [5.41, 5.74) is 6.29. The van der Waals surface area contributed by atoms with Gasteiger partial charge in [-0.1, -0.05) is 6.42 Å². The zero-order valence-electron chi connectivity index (χ0n) is 12.4. The molecular weight excluding hydrogens is 316 g/mol. The maximum Gasteiger partial charge on any atom is 0.279 e. The Balaban J connectivity index is 1.61. The number of hydrogen-bond donors (Lipinski definition) is 2. The number of carbonyl (C=O) groups excluding carboxylic acids is 2. The van der Waals surface area contributed by atoms with Gasteiger partial charge in [-0.15, -0.1) is 22.7 Å². The topological polar surface area (TPSA) is 58.2 Å². The van der Waals surface area contributed by atoms with Gasteiger partial charge in [0.25, 0.3) is 11.8 Å². The number of fused-ring (bicyclic) bond motifs is 1. The molecule has 0 bridgehead atoms. The molecule has 2 heterocycles. The number of rotatable bonds is 2. The largest absolute Gasteiger partial charge is 0.279 e. The lowest BCUT2D eigenvalue weighted by atomic mass is 10.1. The fourth-order valence-corrected chi connectivity index (χ4v) is 4.48. The minimum atomic E-state index is -0.274. The van der Waals surface area contributed by atoms with Crippen LogP contribution in [0.2, 0.25) is 0 Å². The number of hydrogen-bond acceptors (Lipinski definition) is 4. The summed E-state index contributed by atoms with van der Waals surface area (Å²) >= 11 is 2.95. The number of hydrazine groups is 1. The predicted molar refractivity (Wildman–Crippen MR) is 89.6 cm³/mol. The molecule has 4 nitrogen and oxygen atoms in total. The number of thiophene rings is 2. The summed E-state index contributed by atoms with van der Waals surface area (Å²) in [7, 11) is 0. The fourth-order valence-electron chi connectivity index (χ4n) is 2.57. The van der Waals surface area contributed by atoms with Crippen molar-refractivity contribution in [3.63, 3.8) is 0 Å². The summed E-state index contributed by atoms with van der Waals surface area (Å²) in [6, 6.07) is 5.62. The molecule has 2 N–H and O–H groups in total. The SMILES string of the molecule is Cc1ccc(C(=O)NNC(=O)c2cc3c(s2)CCCCC3)s1. The van der Waals surface area contributed by atoms with Gasteiger partial charge in [-0.2, -0.15) is 0 Å². The third kappa shape index (κ3) is 3.39. The normalized spacial score (nSPS) is 14.0. The van der Waals surface area contributed by atoms with Crippen LogP contribution in [0.3, 0.4) is 0 Å². The van der Waals surface area contributed by atoms with E-state index in [1.165, 1.54) is 41.0 Å². The molecule has 0 unspecified atom stereocenters. The van der Waals surface area contributed by atoms with Gasteiger partial charge in [0.15, 0.2) is 0 Å². The van der Waals surface area contributed by atoms with Crippen LogP contribution in [0.4, 0.5) is 0 Å². The molecule has 0 atom stereocenters. The van der Waals surface area contributed by atoms with Gasteiger partial charge in [0.2, 0.25) is 0 Å². The van der Waals surface area contributed by atoms with E-state index >= 15 is 0 Å². The molecule has 0 aromatic carbocycles. The molecule has 0 aliphatic heterocycles. The van der Waals surface area contributed by atoms with Crippen molar-refractivity contribution in [3.8, 4) is 0 Å². The average Bonchev–Trinajstić information content (AvgIpc) is 3.06. The van der Waals surface area contributed by atoms with Crippen LogP contribution in [-0.2, 0) is 12.8 Å². The van der Waals surface area contributed by atoms with E-state index in [9.17, 15) is 9.59 Å². The van der Waals surface area contributed by atoms with Crippen molar-refractivity contribution in [3.05, 3.63) is 43.3 Å². The molecule has 116 valence electrons. The molecule has 0 radical (unpaired) electrons. The van der Waals surface area contributed by atoms with E-state index in [1.807, 2.05) is 19.1 Å². The molecule has 0 spiro atoms. The zero-order chi connectivity index (χ0) is 15.5. The molecule has 1 aliphatic rings. The summed E-state index contributed by atoms with van der Waals surface area (Å²) in [6.45, 7) is 1.94. The van der Waals surface area contributed by atoms with Gasteiger partial charge < -0.3 is 0 Å². The lowest BCUT2D eigenvalue weighted by Crippen LogP contribution is -2.41. The Kier molecular flexibility index (Phi) is 4.59. The Hall–Kier alpha value is -1.66. The van der Waals surface area contributed by atoms with Gasteiger partial charge in [-0.3, -0.25) is 20.4 Å². The minimum absolute atomic E-state index is 0.236. The van der Waals surface area contributed by atoms with Gasteiger partial charge in [0.1, 0.15) is 0 Å². The highest BCUT2D eigenvalue weighted by Gasteiger charge is 2.17. The van der Waals surface area contributed by atoms with Crippen molar-refractivity contribution in [2.75, 3.05) is 0 Å². The van der Waals surface area contributed by atoms with E-state index in [4.69, 9.17) is 0 Å². The first-order valence-corrected chi connectivity index (χ1v) is 9.05. The van der Waals surface area contributed by atoms with E-state index in [0.717, 1.165) is 17.7 Å². The molecule has 2 amide bonds. The van der Waals surface area contributed by atoms with E-state index in [2.05, 4.69) is 10.9 Å². The van der Waals surface area contributed by atoms with Crippen molar-refractivity contribution < 1.29 is 9.59 Å². The van der Waals surface area contributed by atoms with E-state index in [0.29, 0.717) is 9.75 Å². The van der Waals surface area contributed by atoms with Crippen LogP contribution in [0, 0.1) is 6.92 Å². The van der Waals surface area contributed by atoms with Crippen LogP contribution in [0.25, 0.3) is 0 Å². The number of amides is 2. The molecule has 6 heteroatoms. The Morgan fingerprint density at radius 1 is 0.955 bits per heavy atom. The quantitative estimate of drug-likeness (QED) is 0.653. The third-order valence-electron chi connectivity index (χ3n) is 3.72. The van der Waals surface area contributed by atoms with Crippen LogP contribution in [0.5, 0.6) is 0 Å². The molecule has 2 aromatic heterocycles. The van der Waals surface area contributed by atoms with Crippen LogP contribution in [0.15, 0.2) is 18.2 Å². The smallest absolute Gasteiger partial charge is 0.266 e. The second kappa shape index (κ2) is 6.62. The molecule has 22 heavy (non-hydrogen) atoms. The second-order valence-electron chi connectivity index (χ2n) is 5.44. The first kappa shape index (κ1) is 15.2. The number of nitrogens with one attached hydrogen (secondary N) is 2. The first-order valence-electron chi connectivity index (χ1n) is 7.42. The Bertz CT molecular complexity index is 679. The van der Waals surface area contributed by atoms with Gasteiger partial charge in [0.05, 0.1) is 9.75 Å². The average molecular weight is 334 g/mol. The maximum atomic E-state index is 12.2. The van der Waals surface area contributed by atoms with Gasteiger partial charge in [-0.25, -0.2) is 0 Å². The second-order valence-corrected chi connectivity index (χ2v) is 7.86. The van der Waals surface area contributed by atoms with Crippen molar-refractivity contribution in [1.29, 1.82) is 0 Å². The first-order chi connectivity index (χ1) is 10.6. The Morgan fingerprint density at radius 3 is 2.41 bits per heavy atom. The third-order valence-corrected chi connectivity index (χ3v) is 5.96. The van der Waals surface area contributed by atoms with E-state index in [-0.39, 0.29) is 11.8 Å². The van der Waals surface area contributed by atoms with Gasteiger partial charge in [0, 0.05) is 9.75 Å². The molecule has 0 saturated carbocycles. The number of carbonyl (C=O) groups is 2. The van der Waals surface area contributed by atoms with Crippen molar-refractivity contribution in [1.82, 2.24) is 10.9 Å². The van der Waals surface area contributed by atoms with Gasteiger partial charge in [-0.05, 0) is 56.4 Å². The Labute approximate surface area is 137 Å². The predicted octanol–water partition coefficient (Wildman–Crippen LogP) is 3.46.